The first-order chi connectivity index (χ1) is 21.1. The predicted molar refractivity (Wildman–Crippen MR) is 204 cm³/mol. The van der Waals surface area contributed by atoms with Crippen LogP contribution in [-0.2, 0) is 4.79 Å². The van der Waals surface area contributed by atoms with E-state index in [2.05, 4.69) is 118 Å². The molecule has 0 aromatic heterocycles. The van der Waals surface area contributed by atoms with Crippen molar-refractivity contribution in [3.8, 4) is 0 Å². The second kappa shape index (κ2) is 23.8. The summed E-state index contributed by atoms with van der Waals surface area (Å²) >= 11 is 0. The van der Waals surface area contributed by atoms with Crippen LogP contribution >= 0.6 is 0 Å². The molecular formula is C41H65N3O. The lowest BCUT2D eigenvalue weighted by Gasteiger charge is -2.28. The van der Waals surface area contributed by atoms with Crippen LogP contribution in [0.15, 0.2) is 89.9 Å². The third kappa shape index (κ3) is 15.4. The number of rotatable bonds is 15. The summed E-state index contributed by atoms with van der Waals surface area (Å²) in [6.07, 6.45) is 20.0. The number of carbonyl (C=O) groups excluding carboxylic acids is 1. The molecule has 0 spiro atoms. The van der Waals surface area contributed by atoms with Gasteiger partial charge in [0.1, 0.15) is 5.94 Å². The average Bonchev–Trinajstić information content (AvgIpc) is 3.56. The van der Waals surface area contributed by atoms with Crippen LogP contribution in [0, 0.1) is 0 Å². The number of hydrogen-bond donors (Lipinski definition) is 1. The Morgan fingerprint density at radius 1 is 0.933 bits per heavy atom. The standard InChI is InChI=1S/C22H30N2.C10H19NO.C8H12.CH4/c1-6-14-24(15-7-2)22-13-12-20(17(3)4)16-21(22)23-18(5)19-10-8-9-11-19;1-4-6-8-11(7-5-2)10(3)9-12;1-7-5-3-4-6-8(7)2;/h8-10,12-13,16,23H,3,5-7,11,14-15H2,1-2,4H3;4-8H2,1-3H3;3,5H,4,6H2,1-2H3;1H4. The first kappa shape index (κ1) is 41.5. The Balaban J connectivity index is 0.000000766. The van der Waals surface area contributed by atoms with Crippen molar-refractivity contribution in [2.75, 3.05) is 36.4 Å². The van der Waals surface area contributed by atoms with Crippen molar-refractivity contribution in [3.05, 3.63) is 95.4 Å². The van der Waals surface area contributed by atoms with E-state index in [1.165, 1.54) is 41.7 Å². The van der Waals surface area contributed by atoms with E-state index >= 15 is 0 Å². The van der Waals surface area contributed by atoms with E-state index in [1.807, 2.05) is 19.8 Å². The molecule has 1 N–H and O–H groups in total. The number of allylic oxidation sites excluding steroid dienone is 10. The molecule has 0 unspecified atom stereocenters. The first-order valence-corrected chi connectivity index (χ1v) is 16.8. The maximum Gasteiger partial charge on any atom is 0.145 e. The normalized spacial score (nSPS) is 12.8. The summed E-state index contributed by atoms with van der Waals surface area (Å²) in [5.74, 6) is 1.95. The third-order valence-corrected chi connectivity index (χ3v) is 7.89. The largest absolute Gasteiger partial charge is 0.370 e. The smallest absolute Gasteiger partial charge is 0.145 e. The number of benzene rings is 1. The Hall–Kier alpha value is -3.49. The van der Waals surface area contributed by atoms with Gasteiger partial charge in [-0.2, -0.15) is 0 Å². The van der Waals surface area contributed by atoms with Crippen LogP contribution in [0.25, 0.3) is 5.57 Å². The zero-order valence-corrected chi connectivity index (χ0v) is 29.3. The molecular weight excluding hydrogens is 550 g/mol. The van der Waals surface area contributed by atoms with Crippen LogP contribution in [0.3, 0.4) is 0 Å². The fourth-order valence-corrected chi connectivity index (χ4v) is 5.01. The summed E-state index contributed by atoms with van der Waals surface area (Å²) in [6.45, 7) is 29.4. The highest BCUT2D eigenvalue weighted by atomic mass is 16.1. The number of nitrogens with one attached hydrogen (secondary N) is 1. The van der Waals surface area contributed by atoms with Crippen LogP contribution in [0.1, 0.15) is 120 Å². The molecule has 3 rings (SSSR count). The molecule has 45 heavy (non-hydrogen) atoms. The molecule has 0 saturated carbocycles. The van der Waals surface area contributed by atoms with Crippen molar-refractivity contribution in [2.24, 2.45) is 0 Å². The van der Waals surface area contributed by atoms with Gasteiger partial charge in [0.15, 0.2) is 0 Å². The summed E-state index contributed by atoms with van der Waals surface area (Å²) in [7, 11) is 0. The minimum absolute atomic E-state index is 0. The molecule has 4 heteroatoms. The highest BCUT2D eigenvalue weighted by Crippen LogP contribution is 2.32. The maximum atomic E-state index is 10.4. The van der Waals surface area contributed by atoms with Gasteiger partial charge in [-0.05, 0) is 95.9 Å². The predicted octanol–water partition coefficient (Wildman–Crippen LogP) is 11.7. The van der Waals surface area contributed by atoms with Crippen LogP contribution in [0.4, 0.5) is 11.4 Å². The molecule has 4 nitrogen and oxygen atoms in total. The molecule has 0 heterocycles. The Kier molecular flexibility index (Phi) is 22.0. The summed E-state index contributed by atoms with van der Waals surface area (Å²) in [6, 6.07) is 6.58. The molecule has 250 valence electrons. The van der Waals surface area contributed by atoms with Crippen molar-refractivity contribution in [1.82, 2.24) is 4.90 Å². The molecule has 0 saturated heterocycles. The van der Waals surface area contributed by atoms with E-state index in [4.69, 9.17) is 0 Å². The average molecular weight is 616 g/mol. The van der Waals surface area contributed by atoms with E-state index in [1.54, 1.807) is 5.57 Å². The number of anilines is 2. The van der Waals surface area contributed by atoms with Gasteiger partial charge in [0.2, 0.25) is 0 Å². The molecule has 0 bridgehead atoms. The second-order valence-electron chi connectivity index (χ2n) is 11.9. The third-order valence-electron chi connectivity index (χ3n) is 7.89. The summed E-state index contributed by atoms with van der Waals surface area (Å²) in [5.41, 5.74) is 10.6. The fraction of sp³-hybridized carbons (Fsp3) is 0.512. The fourth-order valence-electron chi connectivity index (χ4n) is 5.01. The Labute approximate surface area is 278 Å². The quantitative estimate of drug-likeness (QED) is 0.199. The van der Waals surface area contributed by atoms with Gasteiger partial charge in [0.05, 0.1) is 17.1 Å². The SMILES string of the molecule is C.C=C(Nc1cc(C(=C)C)ccc1N(CCC)CCC)C1=CC=CC1.CC1=C(C)CCC=C1.CCCCN(CCC)C(C)=C=O. The molecule has 0 amide bonds. The molecule has 1 aromatic rings. The monoisotopic (exact) mass is 616 g/mol. The second-order valence-corrected chi connectivity index (χ2v) is 11.9. The Morgan fingerprint density at radius 2 is 1.60 bits per heavy atom. The van der Waals surface area contributed by atoms with Crippen LogP contribution in [-0.4, -0.2) is 37.0 Å². The molecule has 2 aliphatic carbocycles. The zero-order valence-electron chi connectivity index (χ0n) is 29.3. The van der Waals surface area contributed by atoms with E-state index in [0.29, 0.717) is 0 Å². The lowest BCUT2D eigenvalue weighted by atomic mass is 10.0. The van der Waals surface area contributed by atoms with Gasteiger partial charge >= 0.3 is 0 Å². The Morgan fingerprint density at radius 3 is 2.07 bits per heavy atom. The number of unbranched alkanes of at least 4 members (excludes halogenated alkanes) is 1. The number of nitrogens with zero attached hydrogens (tertiary/aromatic N) is 2. The molecule has 0 atom stereocenters. The summed E-state index contributed by atoms with van der Waals surface area (Å²) < 4.78 is 0. The van der Waals surface area contributed by atoms with E-state index in [9.17, 15) is 4.79 Å². The van der Waals surface area contributed by atoms with Crippen LogP contribution < -0.4 is 10.2 Å². The van der Waals surface area contributed by atoms with Gasteiger partial charge in [0, 0.05) is 31.9 Å². The highest BCUT2D eigenvalue weighted by molar-refractivity contribution is 5.78. The van der Waals surface area contributed by atoms with Gasteiger partial charge < -0.3 is 15.1 Å². The zero-order chi connectivity index (χ0) is 32.9. The lowest BCUT2D eigenvalue weighted by molar-refractivity contribution is 0.340. The lowest BCUT2D eigenvalue weighted by Crippen LogP contribution is -2.26. The van der Waals surface area contributed by atoms with E-state index in [-0.39, 0.29) is 7.43 Å². The van der Waals surface area contributed by atoms with Gasteiger partial charge in [-0.3, -0.25) is 0 Å². The molecule has 2 aliphatic rings. The first-order valence-electron chi connectivity index (χ1n) is 16.8. The minimum atomic E-state index is 0. The van der Waals surface area contributed by atoms with E-state index in [0.717, 1.165) is 80.9 Å². The topological polar surface area (TPSA) is 35.6 Å². The van der Waals surface area contributed by atoms with Crippen molar-refractivity contribution in [1.29, 1.82) is 0 Å². The van der Waals surface area contributed by atoms with Gasteiger partial charge in [-0.15, -0.1) is 0 Å². The Bertz CT molecular complexity index is 1220. The minimum Gasteiger partial charge on any atom is -0.370 e. The van der Waals surface area contributed by atoms with Gasteiger partial charge in [-0.1, -0.05) is 108 Å². The summed E-state index contributed by atoms with van der Waals surface area (Å²) in [5, 5.41) is 3.56. The van der Waals surface area contributed by atoms with E-state index < -0.39 is 0 Å². The van der Waals surface area contributed by atoms with Crippen LogP contribution in [0.2, 0.25) is 0 Å². The molecule has 0 aliphatic heterocycles. The molecule has 0 fully saturated rings. The van der Waals surface area contributed by atoms with Crippen molar-refractivity contribution < 1.29 is 4.79 Å². The van der Waals surface area contributed by atoms with Gasteiger partial charge in [-0.25, -0.2) is 4.79 Å². The molecule has 0 radical (unpaired) electrons. The van der Waals surface area contributed by atoms with Crippen molar-refractivity contribution in [3.63, 3.8) is 0 Å². The van der Waals surface area contributed by atoms with Crippen LogP contribution in [0.5, 0.6) is 0 Å². The number of hydrogen-bond acceptors (Lipinski definition) is 4. The highest BCUT2D eigenvalue weighted by Gasteiger charge is 2.14. The van der Waals surface area contributed by atoms with Crippen molar-refractivity contribution >= 4 is 22.9 Å². The van der Waals surface area contributed by atoms with Gasteiger partial charge in [0.25, 0.3) is 0 Å². The molecule has 1 aromatic carbocycles. The van der Waals surface area contributed by atoms with Crippen molar-refractivity contribution in [2.45, 2.75) is 114 Å². The summed E-state index contributed by atoms with van der Waals surface area (Å²) in [4.78, 5) is 14.9. The maximum absolute atomic E-state index is 10.4.